The maximum Gasteiger partial charge on any atom is 0.141 e. The Morgan fingerprint density at radius 3 is 2.83 bits per heavy atom. The fourth-order valence-electron chi connectivity index (χ4n) is 1.61. The van der Waals surface area contributed by atoms with Crippen LogP contribution < -0.4 is 10.5 Å². The van der Waals surface area contributed by atoms with E-state index in [2.05, 4.69) is 4.98 Å². The first kappa shape index (κ1) is 12.5. The van der Waals surface area contributed by atoms with E-state index in [1.165, 1.54) is 6.07 Å². The van der Waals surface area contributed by atoms with Crippen LogP contribution in [0.3, 0.4) is 0 Å². The Balaban J connectivity index is 2.09. The maximum atomic E-state index is 13.7. The second kappa shape index (κ2) is 5.60. The van der Waals surface area contributed by atoms with Crippen molar-refractivity contribution in [1.29, 1.82) is 0 Å². The van der Waals surface area contributed by atoms with Crippen molar-refractivity contribution < 1.29 is 9.13 Å². The number of benzene rings is 1. The van der Waals surface area contributed by atoms with Crippen LogP contribution in [-0.4, -0.2) is 4.98 Å². The predicted octanol–water partition coefficient (Wildman–Crippen LogP) is 2.57. The summed E-state index contributed by atoms with van der Waals surface area (Å²) in [6.07, 6.45) is 1.69. The zero-order chi connectivity index (χ0) is 13.0. The molecule has 0 unspecified atom stereocenters. The number of nitrogens with zero attached hydrogens (tertiary/aromatic N) is 1. The highest BCUT2D eigenvalue weighted by molar-refractivity contribution is 5.27. The summed E-state index contributed by atoms with van der Waals surface area (Å²) in [6, 6.07) is 8.54. The molecule has 0 atom stereocenters. The van der Waals surface area contributed by atoms with E-state index in [1.54, 1.807) is 24.4 Å². The van der Waals surface area contributed by atoms with Gasteiger partial charge in [-0.2, -0.15) is 0 Å². The summed E-state index contributed by atoms with van der Waals surface area (Å²) in [5.41, 5.74) is 7.52. The van der Waals surface area contributed by atoms with Crippen LogP contribution >= 0.6 is 0 Å². The van der Waals surface area contributed by atoms with Gasteiger partial charge >= 0.3 is 0 Å². The molecule has 0 fully saturated rings. The maximum absolute atomic E-state index is 13.7. The average Bonchev–Trinajstić information content (AvgIpc) is 2.39. The molecular formula is C14H15FN2O. The minimum atomic E-state index is -0.292. The topological polar surface area (TPSA) is 48.1 Å². The van der Waals surface area contributed by atoms with Gasteiger partial charge in [-0.05, 0) is 30.7 Å². The number of ether oxygens (including phenoxy) is 1. The lowest BCUT2D eigenvalue weighted by Gasteiger charge is -2.09. The van der Waals surface area contributed by atoms with Crippen LogP contribution in [0.2, 0.25) is 0 Å². The van der Waals surface area contributed by atoms with E-state index >= 15 is 0 Å². The molecule has 18 heavy (non-hydrogen) atoms. The first-order valence-electron chi connectivity index (χ1n) is 5.72. The second-order valence-electron chi connectivity index (χ2n) is 4.01. The number of aromatic nitrogens is 1. The summed E-state index contributed by atoms with van der Waals surface area (Å²) >= 11 is 0. The molecule has 0 spiro atoms. The van der Waals surface area contributed by atoms with Crippen LogP contribution in [0, 0.1) is 12.7 Å². The first-order chi connectivity index (χ1) is 8.70. The van der Waals surface area contributed by atoms with E-state index in [0.29, 0.717) is 17.9 Å². The lowest BCUT2D eigenvalue weighted by Crippen LogP contribution is -2.03. The largest absolute Gasteiger partial charge is 0.487 e. The summed E-state index contributed by atoms with van der Waals surface area (Å²) in [7, 11) is 0. The number of hydrogen-bond donors (Lipinski definition) is 1. The Kier molecular flexibility index (Phi) is 3.89. The molecule has 0 amide bonds. The fraction of sp³-hybridized carbons (Fsp3) is 0.214. The fourth-order valence-corrected chi connectivity index (χ4v) is 1.61. The lowest BCUT2D eigenvalue weighted by atomic mass is 10.1. The molecule has 0 aliphatic rings. The molecule has 1 heterocycles. The van der Waals surface area contributed by atoms with Gasteiger partial charge < -0.3 is 10.5 Å². The zero-order valence-electron chi connectivity index (χ0n) is 10.2. The molecule has 4 heteroatoms. The Morgan fingerprint density at radius 1 is 1.33 bits per heavy atom. The monoisotopic (exact) mass is 246 g/mol. The van der Waals surface area contributed by atoms with Crippen molar-refractivity contribution in [3.8, 4) is 5.75 Å². The van der Waals surface area contributed by atoms with E-state index in [-0.39, 0.29) is 12.4 Å². The molecule has 0 saturated carbocycles. The third-order valence-electron chi connectivity index (χ3n) is 2.69. The number of nitrogens with two attached hydrogens (primary N) is 1. The van der Waals surface area contributed by atoms with Crippen molar-refractivity contribution in [3.63, 3.8) is 0 Å². The van der Waals surface area contributed by atoms with Crippen molar-refractivity contribution >= 4 is 0 Å². The highest BCUT2D eigenvalue weighted by Gasteiger charge is 2.05. The number of halogens is 1. The van der Waals surface area contributed by atoms with Gasteiger partial charge in [-0.3, -0.25) is 4.98 Å². The number of hydrogen-bond acceptors (Lipinski definition) is 3. The minimum Gasteiger partial charge on any atom is -0.487 e. The van der Waals surface area contributed by atoms with Gasteiger partial charge in [-0.1, -0.05) is 12.1 Å². The summed E-state index contributed by atoms with van der Waals surface area (Å²) in [6.45, 7) is 2.37. The molecule has 0 aliphatic carbocycles. The van der Waals surface area contributed by atoms with Gasteiger partial charge in [0.05, 0.1) is 5.69 Å². The van der Waals surface area contributed by atoms with Crippen molar-refractivity contribution in [2.75, 3.05) is 0 Å². The summed E-state index contributed by atoms with van der Waals surface area (Å²) in [5.74, 6) is 0.374. The van der Waals surface area contributed by atoms with E-state index in [9.17, 15) is 4.39 Å². The lowest BCUT2D eigenvalue weighted by molar-refractivity contribution is 0.296. The van der Waals surface area contributed by atoms with Crippen molar-refractivity contribution in [3.05, 3.63) is 59.2 Å². The summed E-state index contributed by atoms with van der Waals surface area (Å²) in [5, 5.41) is 0. The van der Waals surface area contributed by atoms with Gasteiger partial charge in [0.15, 0.2) is 0 Å². The highest BCUT2D eigenvalue weighted by atomic mass is 19.1. The Hall–Kier alpha value is -1.94. The van der Waals surface area contributed by atoms with Gasteiger partial charge in [0.25, 0.3) is 0 Å². The highest BCUT2D eigenvalue weighted by Crippen LogP contribution is 2.17. The van der Waals surface area contributed by atoms with Crippen LogP contribution in [0.4, 0.5) is 4.39 Å². The SMILES string of the molecule is Cc1ncccc1OCc1ccc(CN)cc1F. The molecule has 0 radical (unpaired) electrons. The van der Waals surface area contributed by atoms with Gasteiger partial charge in [0, 0.05) is 18.3 Å². The molecule has 1 aromatic heterocycles. The van der Waals surface area contributed by atoms with Crippen LogP contribution in [0.1, 0.15) is 16.8 Å². The second-order valence-corrected chi connectivity index (χ2v) is 4.01. The molecule has 2 aromatic rings. The molecule has 0 saturated heterocycles. The zero-order valence-corrected chi connectivity index (χ0v) is 10.2. The van der Waals surface area contributed by atoms with Gasteiger partial charge in [-0.15, -0.1) is 0 Å². The van der Waals surface area contributed by atoms with Gasteiger partial charge in [0.1, 0.15) is 18.2 Å². The van der Waals surface area contributed by atoms with Crippen molar-refractivity contribution in [2.24, 2.45) is 5.73 Å². The van der Waals surface area contributed by atoms with Crippen LogP contribution in [0.15, 0.2) is 36.5 Å². The number of pyridine rings is 1. The number of aryl methyl sites for hydroxylation is 1. The van der Waals surface area contributed by atoms with Crippen molar-refractivity contribution in [2.45, 2.75) is 20.1 Å². The van der Waals surface area contributed by atoms with Crippen LogP contribution in [-0.2, 0) is 13.2 Å². The first-order valence-corrected chi connectivity index (χ1v) is 5.72. The van der Waals surface area contributed by atoms with Crippen LogP contribution in [0.25, 0.3) is 0 Å². The Bertz CT molecular complexity index is 543. The van der Waals surface area contributed by atoms with E-state index in [4.69, 9.17) is 10.5 Å². The normalized spacial score (nSPS) is 10.4. The quantitative estimate of drug-likeness (QED) is 0.902. The molecule has 1 aromatic carbocycles. The minimum absolute atomic E-state index is 0.184. The predicted molar refractivity (Wildman–Crippen MR) is 67.6 cm³/mol. The van der Waals surface area contributed by atoms with Crippen molar-refractivity contribution in [1.82, 2.24) is 4.98 Å². The standard InChI is InChI=1S/C14H15FN2O/c1-10-14(3-2-6-17-10)18-9-12-5-4-11(8-16)7-13(12)15/h2-7H,8-9,16H2,1H3. The molecule has 2 rings (SSSR count). The van der Waals surface area contributed by atoms with E-state index in [1.807, 2.05) is 13.0 Å². The Morgan fingerprint density at radius 2 is 2.17 bits per heavy atom. The van der Waals surface area contributed by atoms with E-state index in [0.717, 1.165) is 11.3 Å². The third-order valence-corrected chi connectivity index (χ3v) is 2.69. The molecule has 94 valence electrons. The summed E-state index contributed by atoms with van der Waals surface area (Å²) < 4.78 is 19.2. The van der Waals surface area contributed by atoms with Gasteiger partial charge in [0.2, 0.25) is 0 Å². The van der Waals surface area contributed by atoms with E-state index < -0.39 is 0 Å². The summed E-state index contributed by atoms with van der Waals surface area (Å²) in [4.78, 5) is 4.11. The van der Waals surface area contributed by atoms with Gasteiger partial charge in [-0.25, -0.2) is 4.39 Å². The Labute approximate surface area is 105 Å². The molecule has 3 nitrogen and oxygen atoms in total. The average molecular weight is 246 g/mol. The molecular weight excluding hydrogens is 231 g/mol. The smallest absolute Gasteiger partial charge is 0.141 e. The molecule has 0 aliphatic heterocycles. The molecule has 2 N–H and O–H groups in total. The van der Waals surface area contributed by atoms with Crippen LogP contribution in [0.5, 0.6) is 5.75 Å². The molecule has 0 bridgehead atoms. The number of rotatable bonds is 4. The third kappa shape index (κ3) is 2.84.